The van der Waals surface area contributed by atoms with E-state index in [0.29, 0.717) is 5.56 Å². The third-order valence-electron chi connectivity index (χ3n) is 6.21. The fourth-order valence-corrected chi connectivity index (χ4v) is 8.60. The van der Waals surface area contributed by atoms with E-state index in [2.05, 4.69) is 115 Å². The van der Waals surface area contributed by atoms with Crippen molar-refractivity contribution in [3.05, 3.63) is 133 Å². The molecular formula is C31H21NOS. The molecule has 5 aromatic carbocycles. The van der Waals surface area contributed by atoms with E-state index in [9.17, 15) is 5.26 Å². The Hall–Kier alpha value is -4.26. The van der Waals surface area contributed by atoms with Gasteiger partial charge in [0.1, 0.15) is 11.2 Å². The topological polar surface area (TPSA) is 36.9 Å². The zero-order valence-corrected chi connectivity index (χ0v) is 19.2. The second kappa shape index (κ2) is 8.26. The third kappa shape index (κ3) is 3.12. The number of nitriles is 1. The molecule has 0 aliphatic rings. The fourth-order valence-electron chi connectivity index (χ4n) is 4.71. The number of hydrogen-bond acceptors (Lipinski definition) is 2. The predicted molar refractivity (Wildman–Crippen MR) is 138 cm³/mol. The average Bonchev–Trinajstić information content (AvgIpc) is 3.28. The van der Waals surface area contributed by atoms with Gasteiger partial charge in [0, 0.05) is 30.4 Å². The molecule has 0 spiro atoms. The van der Waals surface area contributed by atoms with Gasteiger partial charge < -0.3 is 4.42 Å². The van der Waals surface area contributed by atoms with E-state index in [1.807, 2.05) is 12.1 Å². The van der Waals surface area contributed by atoms with Crippen LogP contribution in [0.4, 0.5) is 0 Å². The summed E-state index contributed by atoms with van der Waals surface area (Å²) in [6.07, 6.45) is 0. The first-order valence-electron chi connectivity index (χ1n) is 11.2. The highest BCUT2D eigenvalue weighted by atomic mass is 32.3. The molecule has 6 rings (SSSR count). The lowest BCUT2D eigenvalue weighted by Crippen LogP contribution is -2.04. The molecule has 1 aromatic heterocycles. The summed E-state index contributed by atoms with van der Waals surface area (Å²) in [5.74, 6) is 0. The highest BCUT2D eigenvalue weighted by Gasteiger charge is 2.33. The molecular weight excluding hydrogens is 434 g/mol. The van der Waals surface area contributed by atoms with Gasteiger partial charge in [-0.2, -0.15) is 5.26 Å². The summed E-state index contributed by atoms with van der Waals surface area (Å²) in [6.45, 7) is 0. The SMILES string of the molecule is N#Cc1ccc2oc3ccc(S(c4ccccc4)(c4ccccc4)c4ccccc4)cc3c2c1. The Bertz CT molecular complexity index is 1550. The van der Waals surface area contributed by atoms with Crippen LogP contribution in [-0.4, -0.2) is 0 Å². The van der Waals surface area contributed by atoms with Crippen molar-refractivity contribution in [2.75, 3.05) is 0 Å². The van der Waals surface area contributed by atoms with Gasteiger partial charge in [0.05, 0.1) is 11.6 Å². The van der Waals surface area contributed by atoms with Gasteiger partial charge >= 0.3 is 0 Å². The maximum Gasteiger partial charge on any atom is 0.135 e. The van der Waals surface area contributed by atoms with E-state index in [0.717, 1.165) is 21.9 Å². The second-order valence-corrected chi connectivity index (χ2v) is 11.2. The van der Waals surface area contributed by atoms with E-state index in [1.54, 1.807) is 6.07 Å². The smallest absolute Gasteiger partial charge is 0.135 e. The number of rotatable bonds is 4. The van der Waals surface area contributed by atoms with Crippen molar-refractivity contribution in [3.63, 3.8) is 0 Å². The van der Waals surface area contributed by atoms with Crippen molar-refractivity contribution < 1.29 is 4.42 Å². The summed E-state index contributed by atoms with van der Waals surface area (Å²) in [5.41, 5.74) is 2.26. The van der Waals surface area contributed by atoms with Crippen molar-refractivity contribution in [2.24, 2.45) is 0 Å². The van der Waals surface area contributed by atoms with Crippen LogP contribution in [0.5, 0.6) is 0 Å². The molecule has 1 heterocycles. The van der Waals surface area contributed by atoms with Crippen molar-refractivity contribution in [1.29, 1.82) is 5.26 Å². The molecule has 0 fully saturated rings. The van der Waals surface area contributed by atoms with Crippen LogP contribution in [0.25, 0.3) is 21.9 Å². The Balaban J connectivity index is 1.75. The summed E-state index contributed by atoms with van der Waals surface area (Å²) in [7, 11) is -1.77. The van der Waals surface area contributed by atoms with E-state index in [-0.39, 0.29) is 0 Å². The van der Waals surface area contributed by atoms with E-state index in [4.69, 9.17) is 4.42 Å². The van der Waals surface area contributed by atoms with Crippen molar-refractivity contribution in [1.82, 2.24) is 0 Å². The number of hydrogen-bond donors (Lipinski definition) is 0. The van der Waals surface area contributed by atoms with Gasteiger partial charge in [-0.3, -0.25) is 0 Å². The molecule has 34 heavy (non-hydrogen) atoms. The first-order chi connectivity index (χ1) is 16.8. The quantitative estimate of drug-likeness (QED) is 0.266. The van der Waals surface area contributed by atoms with Crippen LogP contribution in [0.1, 0.15) is 5.56 Å². The first-order valence-corrected chi connectivity index (χ1v) is 12.8. The van der Waals surface area contributed by atoms with Crippen LogP contribution < -0.4 is 0 Å². The number of fused-ring (bicyclic) bond motifs is 3. The molecule has 162 valence electrons. The van der Waals surface area contributed by atoms with E-state index >= 15 is 0 Å². The largest absolute Gasteiger partial charge is 0.456 e. The molecule has 0 radical (unpaired) electrons. The van der Waals surface area contributed by atoms with Crippen molar-refractivity contribution in [3.8, 4) is 6.07 Å². The molecule has 0 N–H and O–H groups in total. The summed E-state index contributed by atoms with van der Waals surface area (Å²) in [4.78, 5) is 5.06. The summed E-state index contributed by atoms with van der Waals surface area (Å²) >= 11 is 0. The molecule has 0 amide bonds. The van der Waals surface area contributed by atoms with Crippen LogP contribution in [0, 0.1) is 11.3 Å². The minimum Gasteiger partial charge on any atom is -0.456 e. The summed E-state index contributed by atoms with van der Waals surface area (Å²) in [6, 6.07) is 46.8. The number of benzene rings is 5. The zero-order valence-electron chi connectivity index (χ0n) is 18.4. The van der Waals surface area contributed by atoms with Gasteiger partial charge in [-0.05, 0) is 72.8 Å². The van der Waals surface area contributed by atoms with Crippen molar-refractivity contribution >= 4 is 32.0 Å². The number of furan rings is 1. The minimum atomic E-state index is -1.77. The molecule has 6 aromatic rings. The maximum absolute atomic E-state index is 9.46. The lowest BCUT2D eigenvalue weighted by atomic mass is 10.1. The minimum absolute atomic E-state index is 0.633. The van der Waals surface area contributed by atoms with Gasteiger partial charge in [0.2, 0.25) is 0 Å². The van der Waals surface area contributed by atoms with Crippen LogP contribution in [-0.2, 0) is 0 Å². The Morgan fingerprint density at radius 2 is 0.971 bits per heavy atom. The van der Waals surface area contributed by atoms with E-state index < -0.39 is 10.0 Å². The Kier molecular flexibility index (Phi) is 4.95. The van der Waals surface area contributed by atoms with Crippen LogP contribution in [0.2, 0.25) is 0 Å². The van der Waals surface area contributed by atoms with Gasteiger partial charge in [0.25, 0.3) is 0 Å². The van der Waals surface area contributed by atoms with Gasteiger partial charge in [-0.1, -0.05) is 54.6 Å². The highest BCUT2D eigenvalue weighted by Crippen LogP contribution is 2.73. The van der Waals surface area contributed by atoms with Gasteiger partial charge in [0.15, 0.2) is 0 Å². The lowest BCUT2D eigenvalue weighted by molar-refractivity contribution is 0.668. The molecule has 0 aliphatic carbocycles. The first kappa shape index (κ1) is 20.4. The van der Waals surface area contributed by atoms with Crippen LogP contribution >= 0.6 is 10.0 Å². The normalized spacial score (nSPS) is 12.0. The third-order valence-corrected chi connectivity index (χ3v) is 10.1. The molecule has 0 saturated heterocycles. The highest BCUT2D eigenvalue weighted by molar-refractivity contribution is 8.34. The standard InChI is InChI=1S/C31H21NOS/c32-22-23-16-18-30-28(20-23)29-21-27(17-19-31(29)33-30)34(24-10-4-1-5-11-24,25-12-6-2-7-13-25)26-14-8-3-9-15-26/h1-21H. The Morgan fingerprint density at radius 1 is 0.500 bits per heavy atom. The molecule has 0 unspecified atom stereocenters. The Labute approximate surface area is 200 Å². The maximum atomic E-state index is 9.46. The van der Waals surface area contributed by atoms with Crippen LogP contribution in [0.3, 0.4) is 0 Å². The molecule has 0 bridgehead atoms. The molecule has 0 saturated carbocycles. The van der Waals surface area contributed by atoms with Crippen molar-refractivity contribution in [2.45, 2.75) is 19.6 Å². The summed E-state index contributed by atoms with van der Waals surface area (Å²) < 4.78 is 6.14. The predicted octanol–water partition coefficient (Wildman–Crippen LogP) is 8.80. The molecule has 3 heteroatoms. The monoisotopic (exact) mass is 455 g/mol. The Morgan fingerprint density at radius 3 is 1.47 bits per heavy atom. The zero-order chi connectivity index (χ0) is 23.0. The summed E-state index contributed by atoms with van der Waals surface area (Å²) in [5, 5.41) is 11.5. The molecule has 0 aliphatic heterocycles. The van der Waals surface area contributed by atoms with Gasteiger partial charge in [-0.15, -0.1) is 10.0 Å². The molecule has 0 atom stereocenters. The average molecular weight is 456 g/mol. The molecule has 2 nitrogen and oxygen atoms in total. The van der Waals surface area contributed by atoms with Gasteiger partial charge in [-0.25, -0.2) is 0 Å². The van der Waals surface area contributed by atoms with E-state index in [1.165, 1.54) is 19.6 Å². The fraction of sp³-hybridized carbons (Fsp3) is 0. The van der Waals surface area contributed by atoms with Crippen LogP contribution in [0.15, 0.2) is 151 Å². The lowest BCUT2D eigenvalue weighted by Gasteiger charge is -2.42. The number of nitrogens with zero attached hydrogens (tertiary/aromatic N) is 1. The second-order valence-electron chi connectivity index (χ2n) is 8.13.